The molecule has 1 aromatic heterocycles. The van der Waals surface area contributed by atoms with E-state index in [-0.39, 0.29) is 0 Å². The number of nitrogens with two attached hydrogens (primary N) is 1. The summed E-state index contributed by atoms with van der Waals surface area (Å²) in [5.41, 5.74) is 8.65. The molecule has 0 amide bonds. The molecule has 2 aromatic rings. The number of hydrogen-bond acceptors (Lipinski definition) is 3. The van der Waals surface area contributed by atoms with Crippen molar-refractivity contribution in [1.82, 2.24) is 9.55 Å². The minimum absolute atomic E-state index is 0.545. The Kier molecular flexibility index (Phi) is 2.13. The summed E-state index contributed by atoms with van der Waals surface area (Å²) in [6, 6.07) is 6.59. The Hall–Kier alpha value is -1.55. The molecule has 14 heavy (non-hydrogen) atoms. The lowest BCUT2D eigenvalue weighted by Crippen LogP contribution is -1.97. The van der Waals surface area contributed by atoms with E-state index < -0.39 is 0 Å². The summed E-state index contributed by atoms with van der Waals surface area (Å²) in [4.78, 5) is 4.31. The summed E-state index contributed by atoms with van der Waals surface area (Å²) in [5.74, 6) is 0. The van der Waals surface area contributed by atoms with Gasteiger partial charge in [-0.1, -0.05) is 6.07 Å². The molecule has 0 unspecified atom stereocenters. The van der Waals surface area contributed by atoms with Crippen molar-refractivity contribution in [3.8, 4) is 6.01 Å². The van der Waals surface area contributed by atoms with Gasteiger partial charge in [-0.25, -0.2) is 0 Å². The quantitative estimate of drug-likeness (QED) is 0.771. The molecule has 0 aliphatic heterocycles. The minimum Gasteiger partial charge on any atom is -0.468 e. The highest BCUT2D eigenvalue weighted by atomic mass is 16.5. The van der Waals surface area contributed by atoms with Crippen molar-refractivity contribution in [2.45, 2.75) is 6.54 Å². The van der Waals surface area contributed by atoms with E-state index in [0.29, 0.717) is 12.6 Å². The summed E-state index contributed by atoms with van der Waals surface area (Å²) < 4.78 is 7.04. The Labute approximate surface area is 82.3 Å². The van der Waals surface area contributed by atoms with Gasteiger partial charge in [-0.2, -0.15) is 4.98 Å². The number of methoxy groups -OCH3 is 1. The lowest BCUT2D eigenvalue weighted by Gasteiger charge is -2.00. The molecular formula is C10H13N3O. The van der Waals surface area contributed by atoms with Gasteiger partial charge in [0, 0.05) is 13.6 Å². The number of rotatable bonds is 2. The second-order valence-electron chi connectivity index (χ2n) is 3.18. The van der Waals surface area contributed by atoms with Gasteiger partial charge in [0.2, 0.25) is 0 Å². The monoisotopic (exact) mass is 191 g/mol. The van der Waals surface area contributed by atoms with Crippen LogP contribution in [0.5, 0.6) is 6.01 Å². The maximum absolute atomic E-state index is 5.57. The summed E-state index contributed by atoms with van der Waals surface area (Å²) in [6.45, 7) is 0.545. The van der Waals surface area contributed by atoms with Crippen molar-refractivity contribution in [1.29, 1.82) is 0 Å². The number of nitrogens with zero attached hydrogens (tertiary/aromatic N) is 2. The topological polar surface area (TPSA) is 53.1 Å². The van der Waals surface area contributed by atoms with Crippen LogP contribution in [0.2, 0.25) is 0 Å². The van der Waals surface area contributed by atoms with E-state index in [1.165, 1.54) is 0 Å². The number of ether oxygens (including phenoxy) is 1. The van der Waals surface area contributed by atoms with Crippen molar-refractivity contribution in [3.63, 3.8) is 0 Å². The Balaban J connectivity index is 2.68. The van der Waals surface area contributed by atoms with Gasteiger partial charge in [0.05, 0.1) is 18.1 Å². The molecule has 0 radical (unpaired) electrons. The largest absolute Gasteiger partial charge is 0.468 e. The Morgan fingerprint density at radius 1 is 1.50 bits per heavy atom. The fourth-order valence-electron chi connectivity index (χ4n) is 1.52. The van der Waals surface area contributed by atoms with Crippen LogP contribution < -0.4 is 10.5 Å². The first-order valence-electron chi connectivity index (χ1n) is 4.45. The molecule has 0 saturated heterocycles. The Morgan fingerprint density at radius 3 is 2.93 bits per heavy atom. The Morgan fingerprint density at radius 2 is 2.29 bits per heavy atom. The first kappa shape index (κ1) is 9.02. The van der Waals surface area contributed by atoms with Crippen molar-refractivity contribution in [3.05, 3.63) is 23.8 Å². The van der Waals surface area contributed by atoms with Crippen LogP contribution in [0.1, 0.15) is 5.56 Å². The molecule has 2 rings (SSSR count). The van der Waals surface area contributed by atoms with Crippen molar-refractivity contribution in [2.24, 2.45) is 12.8 Å². The SMILES string of the molecule is COc1nc2ccc(CN)cc2n1C. The lowest BCUT2D eigenvalue weighted by atomic mass is 10.2. The first-order chi connectivity index (χ1) is 6.76. The molecule has 1 aromatic carbocycles. The van der Waals surface area contributed by atoms with Crippen molar-refractivity contribution < 1.29 is 4.74 Å². The zero-order valence-corrected chi connectivity index (χ0v) is 8.32. The third-order valence-electron chi connectivity index (χ3n) is 2.32. The van der Waals surface area contributed by atoms with Crippen LogP contribution in [0.3, 0.4) is 0 Å². The molecule has 0 aliphatic rings. The number of aromatic nitrogens is 2. The summed E-state index contributed by atoms with van der Waals surface area (Å²) in [5, 5.41) is 0. The predicted molar refractivity (Wildman–Crippen MR) is 55.2 cm³/mol. The van der Waals surface area contributed by atoms with Crippen molar-refractivity contribution >= 4 is 11.0 Å². The molecule has 0 aliphatic carbocycles. The zero-order chi connectivity index (χ0) is 10.1. The second kappa shape index (κ2) is 3.31. The van der Waals surface area contributed by atoms with E-state index in [2.05, 4.69) is 4.98 Å². The maximum Gasteiger partial charge on any atom is 0.296 e. The summed E-state index contributed by atoms with van der Waals surface area (Å²) in [7, 11) is 3.54. The van der Waals surface area contributed by atoms with Gasteiger partial charge in [-0.3, -0.25) is 4.57 Å². The van der Waals surface area contributed by atoms with E-state index in [1.54, 1.807) is 7.11 Å². The minimum atomic E-state index is 0.545. The number of imidazole rings is 1. The highest BCUT2D eigenvalue weighted by Crippen LogP contribution is 2.20. The molecule has 2 N–H and O–H groups in total. The number of hydrogen-bond donors (Lipinski definition) is 1. The fraction of sp³-hybridized carbons (Fsp3) is 0.300. The van der Waals surface area contributed by atoms with Crippen LogP contribution in [0, 0.1) is 0 Å². The molecule has 1 heterocycles. The highest BCUT2D eigenvalue weighted by molar-refractivity contribution is 5.77. The van der Waals surface area contributed by atoms with Gasteiger partial charge >= 0.3 is 0 Å². The molecule has 4 heteroatoms. The molecule has 0 saturated carbocycles. The first-order valence-corrected chi connectivity index (χ1v) is 4.45. The van der Waals surface area contributed by atoms with E-state index >= 15 is 0 Å². The molecule has 0 fully saturated rings. The van der Waals surface area contributed by atoms with Gasteiger partial charge in [-0.15, -0.1) is 0 Å². The van der Waals surface area contributed by atoms with Gasteiger partial charge in [0.15, 0.2) is 0 Å². The molecule has 74 valence electrons. The molecule has 0 atom stereocenters. The van der Waals surface area contributed by atoms with Crippen LogP contribution in [0.25, 0.3) is 11.0 Å². The third-order valence-corrected chi connectivity index (χ3v) is 2.32. The van der Waals surface area contributed by atoms with Crippen molar-refractivity contribution in [2.75, 3.05) is 7.11 Å². The van der Waals surface area contributed by atoms with E-state index in [9.17, 15) is 0 Å². The van der Waals surface area contributed by atoms with E-state index in [1.807, 2.05) is 29.8 Å². The molecular weight excluding hydrogens is 178 g/mol. The third kappa shape index (κ3) is 1.24. The smallest absolute Gasteiger partial charge is 0.296 e. The second-order valence-corrected chi connectivity index (χ2v) is 3.18. The van der Waals surface area contributed by atoms with E-state index in [0.717, 1.165) is 16.6 Å². The maximum atomic E-state index is 5.57. The number of benzene rings is 1. The average Bonchev–Trinajstić information content (AvgIpc) is 2.55. The average molecular weight is 191 g/mol. The predicted octanol–water partition coefficient (Wildman–Crippen LogP) is 1.04. The van der Waals surface area contributed by atoms with E-state index in [4.69, 9.17) is 10.5 Å². The Bertz CT molecular complexity index is 462. The standard InChI is InChI=1S/C10H13N3O/c1-13-9-5-7(6-11)3-4-8(9)12-10(13)14-2/h3-5H,6,11H2,1-2H3. The highest BCUT2D eigenvalue weighted by Gasteiger charge is 2.07. The van der Waals surface area contributed by atoms with Gasteiger partial charge in [0.25, 0.3) is 6.01 Å². The summed E-state index contributed by atoms with van der Waals surface area (Å²) in [6.07, 6.45) is 0. The normalized spacial score (nSPS) is 10.8. The molecule has 0 spiro atoms. The number of aryl methyl sites for hydroxylation is 1. The molecule has 0 bridgehead atoms. The van der Waals surface area contributed by atoms with Gasteiger partial charge in [-0.05, 0) is 17.7 Å². The molecule has 4 nitrogen and oxygen atoms in total. The van der Waals surface area contributed by atoms with Crippen LogP contribution in [-0.4, -0.2) is 16.7 Å². The lowest BCUT2D eigenvalue weighted by molar-refractivity contribution is 0.368. The zero-order valence-electron chi connectivity index (χ0n) is 8.32. The fourth-order valence-corrected chi connectivity index (χ4v) is 1.52. The number of fused-ring (bicyclic) bond motifs is 1. The van der Waals surface area contributed by atoms with Crippen LogP contribution in [0.15, 0.2) is 18.2 Å². The van der Waals surface area contributed by atoms with Crippen LogP contribution in [-0.2, 0) is 13.6 Å². The summed E-state index contributed by atoms with van der Waals surface area (Å²) >= 11 is 0. The van der Waals surface area contributed by atoms with Crippen LogP contribution in [0.4, 0.5) is 0 Å². The van der Waals surface area contributed by atoms with Gasteiger partial charge < -0.3 is 10.5 Å². The van der Waals surface area contributed by atoms with Gasteiger partial charge in [0.1, 0.15) is 0 Å². The van der Waals surface area contributed by atoms with Crippen LogP contribution >= 0.6 is 0 Å².